The van der Waals surface area contributed by atoms with Crippen molar-refractivity contribution in [3.05, 3.63) is 16.8 Å². The van der Waals surface area contributed by atoms with E-state index in [-0.39, 0.29) is 12.6 Å². The molecule has 0 radical (unpaired) electrons. The molecule has 3 atom stereocenters. The Morgan fingerprint density at radius 2 is 2.35 bits per heavy atom. The number of aromatic nitrogens is 4. The zero-order valence-electron chi connectivity index (χ0n) is 12.7. The van der Waals surface area contributed by atoms with E-state index >= 15 is 0 Å². The topological polar surface area (TPSA) is 151 Å². The van der Waals surface area contributed by atoms with Gasteiger partial charge in [-0.15, -0.1) is 0 Å². The Kier molecular flexibility index (Phi) is 3.90. The first-order valence-corrected chi connectivity index (χ1v) is 7.03. The molecule has 0 saturated carbocycles. The number of fused-ring (bicyclic) bond motifs is 1. The zero-order chi connectivity index (χ0) is 16.6. The van der Waals surface area contributed by atoms with Gasteiger partial charge < -0.3 is 20.5 Å². The van der Waals surface area contributed by atoms with Gasteiger partial charge in [-0.1, -0.05) is 5.11 Å². The summed E-state index contributed by atoms with van der Waals surface area (Å²) in [6.45, 7) is -0.229. The molecule has 1 saturated heterocycles. The van der Waals surface area contributed by atoms with E-state index in [9.17, 15) is 5.11 Å². The number of imidazole rings is 1. The van der Waals surface area contributed by atoms with E-state index in [0.717, 1.165) is 0 Å². The van der Waals surface area contributed by atoms with Crippen LogP contribution in [0.2, 0.25) is 0 Å². The SMILES string of the molecule is CN(C)c1nc(N)nc2c1ncn2[C@H]1CC(N=[N+]=[N-])[C@@H](CO)O1. The van der Waals surface area contributed by atoms with Crippen LogP contribution in [-0.4, -0.2) is 57.5 Å². The molecule has 23 heavy (non-hydrogen) atoms. The number of rotatable bonds is 4. The number of aliphatic hydroxyl groups is 1. The largest absolute Gasteiger partial charge is 0.394 e. The Labute approximate surface area is 131 Å². The second-order valence-corrected chi connectivity index (χ2v) is 5.44. The molecule has 0 aliphatic carbocycles. The highest BCUT2D eigenvalue weighted by molar-refractivity contribution is 5.84. The van der Waals surface area contributed by atoms with Crippen LogP contribution in [0, 0.1) is 0 Å². The van der Waals surface area contributed by atoms with Crippen molar-refractivity contribution in [2.45, 2.75) is 24.8 Å². The second-order valence-electron chi connectivity index (χ2n) is 5.44. The monoisotopic (exact) mass is 319 g/mol. The molecule has 3 heterocycles. The van der Waals surface area contributed by atoms with E-state index in [1.54, 1.807) is 15.8 Å². The molecule has 0 amide bonds. The van der Waals surface area contributed by atoms with Crippen molar-refractivity contribution < 1.29 is 9.84 Å². The van der Waals surface area contributed by atoms with Gasteiger partial charge in [-0.05, 0) is 5.53 Å². The van der Waals surface area contributed by atoms with E-state index in [0.29, 0.717) is 23.4 Å². The van der Waals surface area contributed by atoms with E-state index in [1.165, 1.54) is 0 Å². The third-order valence-corrected chi connectivity index (χ3v) is 3.74. The van der Waals surface area contributed by atoms with Crippen LogP contribution < -0.4 is 10.6 Å². The molecule has 3 N–H and O–H groups in total. The molecule has 0 bridgehead atoms. The lowest BCUT2D eigenvalue weighted by atomic mass is 10.1. The van der Waals surface area contributed by atoms with Gasteiger partial charge in [-0.25, -0.2) is 4.98 Å². The van der Waals surface area contributed by atoms with Gasteiger partial charge in [0.1, 0.15) is 6.23 Å². The van der Waals surface area contributed by atoms with E-state index < -0.39 is 18.4 Å². The Bertz CT molecular complexity index is 767. The fourth-order valence-corrected chi connectivity index (χ4v) is 2.68. The molecule has 1 aliphatic rings. The molecule has 2 aromatic heterocycles. The molecule has 0 spiro atoms. The summed E-state index contributed by atoms with van der Waals surface area (Å²) in [5.41, 5.74) is 15.5. The number of hydrogen-bond donors (Lipinski definition) is 2. The highest BCUT2D eigenvalue weighted by Gasteiger charge is 2.36. The van der Waals surface area contributed by atoms with Crippen LogP contribution in [0.15, 0.2) is 11.4 Å². The summed E-state index contributed by atoms with van der Waals surface area (Å²) in [7, 11) is 3.68. The molecule has 11 heteroatoms. The van der Waals surface area contributed by atoms with Crippen LogP contribution in [0.4, 0.5) is 11.8 Å². The lowest BCUT2D eigenvalue weighted by Crippen LogP contribution is -2.22. The minimum Gasteiger partial charge on any atom is -0.394 e. The molecular formula is C12H17N9O2. The van der Waals surface area contributed by atoms with Crippen molar-refractivity contribution in [1.29, 1.82) is 0 Å². The minimum atomic E-state index is -0.555. The maximum absolute atomic E-state index is 9.37. The van der Waals surface area contributed by atoms with Gasteiger partial charge >= 0.3 is 0 Å². The first-order chi connectivity index (χ1) is 11.0. The molecule has 2 aromatic rings. The van der Waals surface area contributed by atoms with E-state index in [1.807, 2.05) is 14.1 Å². The number of hydrogen-bond acceptors (Lipinski definition) is 8. The number of ether oxygens (including phenoxy) is 1. The van der Waals surface area contributed by atoms with Crippen LogP contribution in [0.5, 0.6) is 0 Å². The Morgan fingerprint density at radius 3 is 3.00 bits per heavy atom. The minimum absolute atomic E-state index is 0.131. The third-order valence-electron chi connectivity index (χ3n) is 3.74. The lowest BCUT2D eigenvalue weighted by Gasteiger charge is -2.15. The van der Waals surface area contributed by atoms with Crippen LogP contribution >= 0.6 is 0 Å². The summed E-state index contributed by atoms with van der Waals surface area (Å²) in [6, 6.07) is -0.444. The molecule has 3 rings (SSSR count). The first-order valence-electron chi connectivity index (χ1n) is 7.03. The summed E-state index contributed by atoms with van der Waals surface area (Å²) < 4.78 is 7.48. The molecule has 11 nitrogen and oxygen atoms in total. The lowest BCUT2D eigenvalue weighted by molar-refractivity contribution is -0.0232. The van der Waals surface area contributed by atoms with E-state index in [2.05, 4.69) is 25.0 Å². The fourth-order valence-electron chi connectivity index (χ4n) is 2.68. The molecule has 1 unspecified atom stereocenters. The quantitative estimate of drug-likeness (QED) is 0.471. The van der Waals surface area contributed by atoms with Crippen LogP contribution in [0.1, 0.15) is 12.6 Å². The average Bonchev–Trinajstić information content (AvgIpc) is 3.10. The van der Waals surface area contributed by atoms with Crippen molar-refractivity contribution in [3.8, 4) is 0 Å². The highest BCUT2D eigenvalue weighted by Crippen LogP contribution is 2.33. The zero-order valence-corrected chi connectivity index (χ0v) is 12.7. The number of azide groups is 1. The average molecular weight is 319 g/mol. The van der Waals surface area contributed by atoms with Gasteiger partial charge in [-0.2, -0.15) is 9.97 Å². The molecule has 1 fully saturated rings. The number of nitrogen functional groups attached to an aromatic ring is 1. The van der Waals surface area contributed by atoms with Gasteiger partial charge in [0.2, 0.25) is 5.95 Å². The highest BCUT2D eigenvalue weighted by atomic mass is 16.5. The predicted molar refractivity (Wildman–Crippen MR) is 82.6 cm³/mol. The second kappa shape index (κ2) is 5.88. The summed E-state index contributed by atoms with van der Waals surface area (Å²) in [5, 5.41) is 13.0. The van der Waals surface area contributed by atoms with Crippen molar-refractivity contribution in [1.82, 2.24) is 19.5 Å². The van der Waals surface area contributed by atoms with Crippen molar-refractivity contribution >= 4 is 22.9 Å². The standard InChI is InChI=1S/C12H17N9O2/c1-20(2)10-9-11(17-12(13)16-10)21(5-15-9)8-3-6(18-19-14)7(4-22)23-8/h5-8,22H,3-4H2,1-2H3,(H2,13,16,17)/t6?,7-,8-/m1/s1. The van der Waals surface area contributed by atoms with Gasteiger partial charge in [-0.3, -0.25) is 4.57 Å². The van der Waals surface area contributed by atoms with Gasteiger partial charge in [0, 0.05) is 25.4 Å². The maximum atomic E-state index is 9.37. The van der Waals surface area contributed by atoms with Crippen molar-refractivity contribution in [3.63, 3.8) is 0 Å². The third kappa shape index (κ3) is 2.61. The first kappa shape index (κ1) is 15.3. The summed E-state index contributed by atoms with van der Waals surface area (Å²) >= 11 is 0. The van der Waals surface area contributed by atoms with Crippen molar-refractivity contribution in [2.24, 2.45) is 5.11 Å². The van der Waals surface area contributed by atoms with Crippen LogP contribution in [-0.2, 0) is 4.74 Å². The molecule has 122 valence electrons. The number of anilines is 2. The Balaban J connectivity index is 2.03. The number of nitrogens with zero attached hydrogens (tertiary/aromatic N) is 8. The van der Waals surface area contributed by atoms with Crippen LogP contribution in [0.3, 0.4) is 0 Å². The summed E-state index contributed by atoms with van der Waals surface area (Å²) in [4.78, 5) is 17.4. The Hall–Kier alpha value is -2.62. The van der Waals surface area contributed by atoms with Crippen LogP contribution in [0.25, 0.3) is 21.6 Å². The number of aliphatic hydroxyl groups excluding tert-OH is 1. The maximum Gasteiger partial charge on any atom is 0.224 e. The van der Waals surface area contributed by atoms with E-state index in [4.69, 9.17) is 16.0 Å². The van der Waals surface area contributed by atoms with Gasteiger partial charge in [0.15, 0.2) is 17.0 Å². The fraction of sp³-hybridized carbons (Fsp3) is 0.583. The molecular weight excluding hydrogens is 302 g/mol. The summed E-state index contributed by atoms with van der Waals surface area (Å²) in [5.74, 6) is 0.737. The Morgan fingerprint density at radius 1 is 1.57 bits per heavy atom. The van der Waals surface area contributed by atoms with Crippen molar-refractivity contribution in [2.75, 3.05) is 31.3 Å². The smallest absolute Gasteiger partial charge is 0.224 e. The van der Waals surface area contributed by atoms with Gasteiger partial charge in [0.25, 0.3) is 0 Å². The predicted octanol–water partition coefficient (Wildman–Crippen LogP) is 0.433. The summed E-state index contributed by atoms with van der Waals surface area (Å²) in [6.07, 6.45) is 1.00. The number of nitrogens with two attached hydrogens (primary N) is 1. The normalized spacial score (nSPS) is 23.9. The molecule has 0 aromatic carbocycles. The molecule has 1 aliphatic heterocycles. The van der Waals surface area contributed by atoms with Gasteiger partial charge in [0.05, 0.1) is 25.1 Å².